The molecular weight excluding hydrogens is 417 g/mol. The van der Waals surface area contributed by atoms with Crippen molar-refractivity contribution in [2.45, 2.75) is 6.92 Å². The van der Waals surface area contributed by atoms with E-state index < -0.39 is 0 Å². The normalized spacial score (nSPS) is 14.9. The summed E-state index contributed by atoms with van der Waals surface area (Å²) in [5.74, 6) is 0.647. The molecule has 1 aliphatic rings. The zero-order valence-electron chi connectivity index (χ0n) is 14.2. The standard InChI is InChI=1S/C19H17BrFN3OS/c1-12-17-14(21)3-2-4-15(17)26-18(12)19(25)24-9-7-23(8-10-24)16-6-5-13(20)11-22-16/h2-6,11H,7-10H2,1H3. The smallest absolute Gasteiger partial charge is 0.264 e. The molecular formula is C19H17BrFN3OS. The lowest BCUT2D eigenvalue weighted by Gasteiger charge is -2.35. The van der Waals surface area contributed by atoms with Gasteiger partial charge in [0.25, 0.3) is 5.91 Å². The number of carbonyl (C=O) groups is 1. The zero-order chi connectivity index (χ0) is 18.3. The van der Waals surface area contributed by atoms with Gasteiger partial charge in [-0.1, -0.05) is 6.07 Å². The number of hydrogen-bond acceptors (Lipinski definition) is 4. The topological polar surface area (TPSA) is 36.4 Å². The highest BCUT2D eigenvalue weighted by Gasteiger charge is 2.26. The van der Waals surface area contributed by atoms with Crippen LogP contribution in [0.5, 0.6) is 0 Å². The van der Waals surface area contributed by atoms with E-state index in [-0.39, 0.29) is 11.7 Å². The van der Waals surface area contributed by atoms with Crippen LogP contribution in [0.15, 0.2) is 41.0 Å². The van der Waals surface area contributed by atoms with E-state index in [1.54, 1.807) is 12.3 Å². The third-order valence-corrected chi connectivity index (χ3v) is 6.41. The quantitative estimate of drug-likeness (QED) is 0.597. The van der Waals surface area contributed by atoms with Crippen LogP contribution < -0.4 is 4.90 Å². The van der Waals surface area contributed by atoms with Crippen LogP contribution in [-0.2, 0) is 0 Å². The number of pyridine rings is 1. The van der Waals surface area contributed by atoms with Crippen molar-refractivity contribution in [1.29, 1.82) is 0 Å². The maximum Gasteiger partial charge on any atom is 0.264 e. The fraction of sp³-hybridized carbons (Fsp3) is 0.263. The number of nitrogens with zero attached hydrogens (tertiary/aromatic N) is 3. The summed E-state index contributed by atoms with van der Waals surface area (Å²) in [6.45, 7) is 4.56. The average Bonchev–Trinajstić information content (AvgIpc) is 3.00. The molecule has 0 atom stereocenters. The van der Waals surface area contributed by atoms with E-state index >= 15 is 0 Å². The Bertz CT molecular complexity index is 965. The molecule has 0 bridgehead atoms. The Labute approximate surface area is 163 Å². The summed E-state index contributed by atoms with van der Waals surface area (Å²) in [7, 11) is 0. The molecule has 2 aromatic heterocycles. The first-order chi connectivity index (χ1) is 12.5. The number of carbonyl (C=O) groups excluding carboxylic acids is 1. The van der Waals surface area contributed by atoms with Crippen LogP contribution >= 0.6 is 27.3 Å². The van der Waals surface area contributed by atoms with E-state index in [1.165, 1.54) is 17.4 Å². The first kappa shape index (κ1) is 17.4. The van der Waals surface area contributed by atoms with Gasteiger partial charge in [-0.25, -0.2) is 9.37 Å². The summed E-state index contributed by atoms with van der Waals surface area (Å²) in [6.07, 6.45) is 1.78. The van der Waals surface area contributed by atoms with Crippen molar-refractivity contribution < 1.29 is 9.18 Å². The van der Waals surface area contributed by atoms with Gasteiger partial charge in [-0.05, 0) is 52.7 Å². The second-order valence-electron chi connectivity index (χ2n) is 6.28. The van der Waals surface area contributed by atoms with Gasteiger partial charge in [0.1, 0.15) is 11.6 Å². The number of thiophene rings is 1. The number of fused-ring (bicyclic) bond motifs is 1. The minimum Gasteiger partial charge on any atom is -0.353 e. The number of piperazine rings is 1. The van der Waals surface area contributed by atoms with Crippen LogP contribution in [0.3, 0.4) is 0 Å². The third kappa shape index (κ3) is 3.10. The molecule has 0 spiro atoms. The summed E-state index contributed by atoms with van der Waals surface area (Å²) in [5.41, 5.74) is 0.741. The van der Waals surface area contributed by atoms with Crippen LogP contribution in [0.1, 0.15) is 15.2 Å². The van der Waals surface area contributed by atoms with Crippen LogP contribution in [0, 0.1) is 12.7 Å². The molecule has 7 heteroatoms. The highest BCUT2D eigenvalue weighted by atomic mass is 79.9. The monoisotopic (exact) mass is 433 g/mol. The lowest BCUT2D eigenvalue weighted by Crippen LogP contribution is -2.49. The van der Waals surface area contributed by atoms with Crippen molar-refractivity contribution in [3.63, 3.8) is 0 Å². The van der Waals surface area contributed by atoms with E-state index in [9.17, 15) is 9.18 Å². The van der Waals surface area contributed by atoms with Crippen molar-refractivity contribution in [3.8, 4) is 0 Å². The predicted molar refractivity (Wildman–Crippen MR) is 107 cm³/mol. The minimum atomic E-state index is -0.263. The summed E-state index contributed by atoms with van der Waals surface area (Å²) in [5, 5.41) is 0.568. The van der Waals surface area contributed by atoms with Gasteiger partial charge >= 0.3 is 0 Å². The van der Waals surface area contributed by atoms with E-state index in [4.69, 9.17) is 0 Å². The van der Waals surface area contributed by atoms with Crippen molar-refractivity contribution in [2.24, 2.45) is 0 Å². The average molecular weight is 434 g/mol. The molecule has 0 saturated carbocycles. The zero-order valence-corrected chi connectivity index (χ0v) is 16.6. The minimum absolute atomic E-state index is 0.00786. The summed E-state index contributed by atoms with van der Waals surface area (Å²) in [6, 6.07) is 8.94. The molecule has 4 rings (SSSR count). The SMILES string of the molecule is Cc1c(C(=O)N2CCN(c3ccc(Br)cn3)CC2)sc2cccc(F)c12. The molecule has 1 saturated heterocycles. The maximum atomic E-state index is 14.1. The number of halogens is 2. The van der Waals surface area contributed by atoms with E-state index in [0.29, 0.717) is 23.4 Å². The fourth-order valence-electron chi connectivity index (χ4n) is 3.29. The van der Waals surface area contributed by atoms with E-state index in [1.807, 2.05) is 30.0 Å². The number of anilines is 1. The number of amides is 1. The van der Waals surface area contributed by atoms with Gasteiger partial charge in [0.05, 0.1) is 4.88 Å². The van der Waals surface area contributed by atoms with Crippen LogP contribution in [0.2, 0.25) is 0 Å². The first-order valence-electron chi connectivity index (χ1n) is 8.38. The van der Waals surface area contributed by atoms with E-state index in [0.717, 1.165) is 33.6 Å². The van der Waals surface area contributed by atoms with Gasteiger partial charge in [-0.3, -0.25) is 4.79 Å². The summed E-state index contributed by atoms with van der Waals surface area (Å²) in [4.78, 5) is 22.0. The van der Waals surface area contributed by atoms with Crippen molar-refractivity contribution in [2.75, 3.05) is 31.1 Å². The Morgan fingerprint density at radius 2 is 1.96 bits per heavy atom. The molecule has 3 aromatic rings. The molecule has 0 aliphatic carbocycles. The fourth-order valence-corrected chi connectivity index (χ4v) is 4.72. The summed E-state index contributed by atoms with van der Waals surface area (Å²) >= 11 is 4.77. The predicted octanol–water partition coefficient (Wildman–Crippen LogP) is 4.47. The number of benzene rings is 1. The highest BCUT2D eigenvalue weighted by Crippen LogP contribution is 2.33. The molecule has 1 amide bonds. The molecule has 0 radical (unpaired) electrons. The molecule has 134 valence electrons. The van der Waals surface area contributed by atoms with Crippen LogP contribution in [-0.4, -0.2) is 42.0 Å². The second-order valence-corrected chi connectivity index (χ2v) is 8.25. The molecule has 0 unspecified atom stereocenters. The highest BCUT2D eigenvalue weighted by molar-refractivity contribution is 9.10. The van der Waals surface area contributed by atoms with Crippen LogP contribution in [0.4, 0.5) is 10.2 Å². The van der Waals surface area contributed by atoms with Crippen molar-refractivity contribution >= 4 is 49.1 Å². The number of aryl methyl sites for hydroxylation is 1. The van der Waals surface area contributed by atoms with Gasteiger partial charge in [-0.15, -0.1) is 11.3 Å². The molecule has 1 aromatic carbocycles. The number of rotatable bonds is 2. The Hall–Kier alpha value is -1.99. The Morgan fingerprint density at radius 3 is 2.62 bits per heavy atom. The van der Waals surface area contributed by atoms with Gasteiger partial charge in [0.2, 0.25) is 0 Å². The largest absolute Gasteiger partial charge is 0.353 e. The number of hydrogen-bond donors (Lipinski definition) is 0. The van der Waals surface area contributed by atoms with E-state index in [2.05, 4.69) is 25.8 Å². The van der Waals surface area contributed by atoms with Gasteiger partial charge in [0.15, 0.2) is 0 Å². The lowest BCUT2D eigenvalue weighted by molar-refractivity contribution is 0.0751. The molecule has 1 fully saturated rings. The maximum absolute atomic E-state index is 14.1. The van der Waals surface area contributed by atoms with Crippen molar-refractivity contribution in [3.05, 3.63) is 57.3 Å². The first-order valence-corrected chi connectivity index (χ1v) is 9.99. The van der Waals surface area contributed by atoms with Gasteiger partial charge < -0.3 is 9.80 Å². The molecule has 0 N–H and O–H groups in total. The molecule has 26 heavy (non-hydrogen) atoms. The Morgan fingerprint density at radius 1 is 1.19 bits per heavy atom. The molecule has 1 aliphatic heterocycles. The third-order valence-electron chi connectivity index (χ3n) is 4.70. The number of aromatic nitrogens is 1. The molecule has 4 nitrogen and oxygen atoms in total. The summed E-state index contributed by atoms with van der Waals surface area (Å²) < 4.78 is 15.9. The Balaban J connectivity index is 1.51. The lowest BCUT2D eigenvalue weighted by atomic mass is 10.1. The van der Waals surface area contributed by atoms with Crippen LogP contribution in [0.25, 0.3) is 10.1 Å². The van der Waals surface area contributed by atoms with Gasteiger partial charge in [0, 0.05) is 46.9 Å². The Kier molecular flexibility index (Phi) is 4.67. The molecule has 3 heterocycles. The second kappa shape index (κ2) is 6.96. The van der Waals surface area contributed by atoms with Crippen molar-refractivity contribution in [1.82, 2.24) is 9.88 Å². The van der Waals surface area contributed by atoms with Gasteiger partial charge in [-0.2, -0.15) is 0 Å².